The van der Waals surface area contributed by atoms with E-state index >= 15 is 0 Å². The molecule has 0 unspecified atom stereocenters. The molecule has 2 aromatic heterocycles. The van der Waals surface area contributed by atoms with Crippen molar-refractivity contribution >= 4 is 64.1 Å². The zero-order valence-corrected chi connectivity index (χ0v) is 33.0. The topological polar surface area (TPSA) is 4.93 Å². The van der Waals surface area contributed by atoms with Gasteiger partial charge in [-0.2, -0.15) is 0 Å². The van der Waals surface area contributed by atoms with Gasteiger partial charge in [0.05, 0.1) is 11.0 Å². The lowest BCUT2D eigenvalue weighted by atomic mass is 9.93. The SMILES string of the molecule is C=C/C=C(\C)C(=C)CC.c1ccc(-n2c3ccccc3c3ccc(-c4ccc5sc6ccc(-c7ccc8c9c(cccc79)-c7ccccc7-8)cc6c5c4)cc32)cc1. The number of fused-ring (bicyclic) bond motifs is 9. The Kier molecular flexibility index (Phi) is 8.58. The Morgan fingerprint density at radius 1 is 0.526 bits per heavy atom. The van der Waals surface area contributed by atoms with Crippen molar-refractivity contribution in [2.45, 2.75) is 20.3 Å². The van der Waals surface area contributed by atoms with Crippen molar-refractivity contribution in [3.63, 3.8) is 0 Å². The third kappa shape index (κ3) is 5.76. The molecule has 0 saturated heterocycles. The third-order valence-electron chi connectivity index (χ3n) is 11.7. The molecule has 1 nitrogen and oxygen atoms in total. The first kappa shape index (κ1) is 34.7. The van der Waals surface area contributed by atoms with E-state index in [4.69, 9.17) is 0 Å². The molecule has 2 heterocycles. The van der Waals surface area contributed by atoms with Crippen LogP contribution in [0.3, 0.4) is 0 Å². The van der Waals surface area contributed by atoms with Crippen LogP contribution in [0, 0.1) is 0 Å². The van der Waals surface area contributed by atoms with Crippen molar-refractivity contribution < 1.29 is 0 Å². The number of benzene rings is 8. The molecule has 8 aromatic carbocycles. The lowest BCUT2D eigenvalue weighted by Crippen LogP contribution is -1.93. The highest BCUT2D eigenvalue weighted by Gasteiger charge is 2.22. The first-order valence-corrected chi connectivity index (χ1v) is 20.5. The van der Waals surface area contributed by atoms with E-state index in [0.717, 1.165) is 6.42 Å². The summed E-state index contributed by atoms with van der Waals surface area (Å²) in [6, 6.07) is 60.7. The fraction of sp³-hybridized carbons (Fsp3) is 0.0545. The summed E-state index contributed by atoms with van der Waals surface area (Å²) in [5.74, 6) is 0. The quantitative estimate of drug-likeness (QED) is 0.149. The van der Waals surface area contributed by atoms with Crippen LogP contribution in [0.1, 0.15) is 20.3 Å². The summed E-state index contributed by atoms with van der Waals surface area (Å²) in [5, 5.41) is 7.89. The summed E-state index contributed by atoms with van der Waals surface area (Å²) in [5.41, 5.74) is 16.4. The summed E-state index contributed by atoms with van der Waals surface area (Å²) in [6.07, 6.45) is 4.79. The molecule has 0 atom stereocenters. The molecule has 0 fully saturated rings. The highest BCUT2D eigenvalue weighted by molar-refractivity contribution is 7.25. The smallest absolute Gasteiger partial charge is 0.0547 e. The minimum Gasteiger partial charge on any atom is -0.309 e. The molecule has 0 spiro atoms. The second-order valence-electron chi connectivity index (χ2n) is 14.9. The monoisotopic (exact) mass is 747 g/mol. The molecule has 57 heavy (non-hydrogen) atoms. The number of allylic oxidation sites excluding steroid dienone is 4. The maximum atomic E-state index is 3.88. The van der Waals surface area contributed by atoms with Gasteiger partial charge in [-0.1, -0.05) is 153 Å². The molecule has 1 aliphatic carbocycles. The van der Waals surface area contributed by atoms with Crippen LogP contribution < -0.4 is 0 Å². The van der Waals surface area contributed by atoms with Gasteiger partial charge in [0.2, 0.25) is 0 Å². The zero-order chi connectivity index (χ0) is 38.6. The first-order valence-electron chi connectivity index (χ1n) is 19.7. The van der Waals surface area contributed by atoms with Crippen molar-refractivity contribution in [2.75, 3.05) is 0 Å². The Hall–Kier alpha value is -6.74. The summed E-state index contributed by atoms with van der Waals surface area (Å²) < 4.78 is 5.04. The van der Waals surface area contributed by atoms with E-state index < -0.39 is 0 Å². The molecule has 11 rings (SSSR count). The van der Waals surface area contributed by atoms with Gasteiger partial charge in [0.25, 0.3) is 0 Å². The Labute approximate surface area is 337 Å². The van der Waals surface area contributed by atoms with Crippen LogP contribution in [0.4, 0.5) is 0 Å². The number of nitrogens with zero attached hydrogens (tertiary/aromatic N) is 1. The number of para-hydroxylation sites is 2. The number of aromatic nitrogens is 1. The van der Waals surface area contributed by atoms with Crippen LogP contribution in [0.15, 0.2) is 200 Å². The van der Waals surface area contributed by atoms with E-state index in [0.29, 0.717) is 0 Å². The van der Waals surface area contributed by atoms with Gasteiger partial charge in [0, 0.05) is 36.6 Å². The Morgan fingerprint density at radius 2 is 1.11 bits per heavy atom. The molecular formula is C55H41NS. The molecule has 0 amide bonds. The summed E-state index contributed by atoms with van der Waals surface area (Å²) >= 11 is 1.88. The van der Waals surface area contributed by atoms with Gasteiger partial charge in [-0.15, -0.1) is 11.3 Å². The van der Waals surface area contributed by atoms with E-state index in [1.54, 1.807) is 6.08 Å². The number of thiophene rings is 1. The molecule has 0 saturated carbocycles. The highest BCUT2D eigenvalue weighted by Crippen LogP contribution is 2.49. The maximum absolute atomic E-state index is 3.88. The minimum atomic E-state index is 1.02. The molecule has 272 valence electrons. The van der Waals surface area contributed by atoms with Crippen molar-refractivity contribution in [2.24, 2.45) is 0 Å². The Morgan fingerprint density at radius 3 is 1.86 bits per heavy atom. The fourth-order valence-corrected chi connectivity index (χ4v) is 9.83. The van der Waals surface area contributed by atoms with Crippen molar-refractivity contribution in [3.8, 4) is 50.2 Å². The summed E-state index contributed by atoms with van der Waals surface area (Å²) in [7, 11) is 0. The van der Waals surface area contributed by atoms with Crippen molar-refractivity contribution in [1.29, 1.82) is 0 Å². The molecule has 0 N–H and O–H groups in total. The molecule has 0 radical (unpaired) electrons. The minimum absolute atomic E-state index is 1.02. The van der Waals surface area contributed by atoms with Gasteiger partial charge in [-0.05, 0) is 123 Å². The van der Waals surface area contributed by atoms with E-state index in [-0.39, 0.29) is 0 Å². The molecular weight excluding hydrogens is 707 g/mol. The van der Waals surface area contributed by atoms with Gasteiger partial charge in [-0.25, -0.2) is 0 Å². The largest absolute Gasteiger partial charge is 0.309 e. The van der Waals surface area contributed by atoms with Crippen molar-refractivity contribution in [3.05, 3.63) is 200 Å². The summed E-state index contributed by atoms with van der Waals surface area (Å²) in [4.78, 5) is 0. The van der Waals surface area contributed by atoms with E-state index in [2.05, 4.69) is 188 Å². The number of hydrogen-bond acceptors (Lipinski definition) is 1. The van der Waals surface area contributed by atoms with Gasteiger partial charge in [0.1, 0.15) is 0 Å². The van der Waals surface area contributed by atoms with Crippen LogP contribution in [-0.4, -0.2) is 4.57 Å². The predicted octanol–water partition coefficient (Wildman–Crippen LogP) is 16.4. The van der Waals surface area contributed by atoms with Gasteiger partial charge in [-0.3, -0.25) is 0 Å². The van der Waals surface area contributed by atoms with Crippen LogP contribution in [0.25, 0.3) is 103 Å². The predicted molar refractivity (Wildman–Crippen MR) is 250 cm³/mol. The molecule has 2 heteroatoms. The average molecular weight is 748 g/mol. The zero-order valence-electron chi connectivity index (χ0n) is 32.2. The molecule has 1 aliphatic rings. The normalized spacial score (nSPS) is 12.0. The Bertz CT molecular complexity index is 3230. The van der Waals surface area contributed by atoms with Gasteiger partial charge >= 0.3 is 0 Å². The first-order chi connectivity index (χ1) is 28.0. The second kappa shape index (κ2) is 14.1. The van der Waals surface area contributed by atoms with Gasteiger partial charge in [0.15, 0.2) is 0 Å². The second-order valence-corrected chi connectivity index (χ2v) is 16.0. The van der Waals surface area contributed by atoms with Gasteiger partial charge < -0.3 is 4.57 Å². The van der Waals surface area contributed by atoms with Crippen LogP contribution >= 0.6 is 11.3 Å². The Balaban J connectivity index is 0.000000397. The average Bonchev–Trinajstić information content (AvgIpc) is 3.92. The molecule has 0 bridgehead atoms. The fourth-order valence-electron chi connectivity index (χ4n) is 8.76. The lowest BCUT2D eigenvalue weighted by molar-refractivity contribution is 1.11. The van der Waals surface area contributed by atoms with E-state index in [9.17, 15) is 0 Å². The summed E-state index contributed by atoms with van der Waals surface area (Å²) in [6.45, 7) is 11.6. The standard InChI is InChI=1S/C46H27NS.C9H14/c1-2-9-31(10-3-1)47-42-16-7-6-13-35(42)36-20-17-29(27-43(36)47)28-18-23-44-40(25-28)41-26-30(19-24-45(41)48-44)32-21-22-39-34-12-5-4-11-33(34)38-15-8-14-37(32)46(38)39;1-5-7-9(4)8(3)6-2/h1-27H;5,7H,1,3,6H2,2,4H3/b;9-7+. The molecule has 0 aliphatic heterocycles. The third-order valence-corrected chi connectivity index (χ3v) is 12.9. The van der Waals surface area contributed by atoms with Crippen LogP contribution in [0.5, 0.6) is 0 Å². The van der Waals surface area contributed by atoms with Crippen LogP contribution in [0.2, 0.25) is 0 Å². The van der Waals surface area contributed by atoms with E-state index in [1.165, 1.54) is 114 Å². The molecule has 10 aromatic rings. The lowest BCUT2D eigenvalue weighted by Gasteiger charge is -2.10. The maximum Gasteiger partial charge on any atom is 0.0547 e. The van der Waals surface area contributed by atoms with Crippen LogP contribution in [-0.2, 0) is 0 Å². The van der Waals surface area contributed by atoms with E-state index in [1.807, 2.05) is 24.3 Å². The van der Waals surface area contributed by atoms with Crippen molar-refractivity contribution in [1.82, 2.24) is 4.57 Å². The number of hydrogen-bond donors (Lipinski definition) is 0. The number of rotatable bonds is 6. The highest BCUT2D eigenvalue weighted by atomic mass is 32.1.